The third-order valence-corrected chi connectivity index (χ3v) is 1.65. The van der Waals surface area contributed by atoms with Crippen molar-refractivity contribution in [2.45, 2.75) is 12.1 Å². The van der Waals surface area contributed by atoms with Crippen molar-refractivity contribution >= 4 is 0 Å². The highest BCUT2D eigenvalue weighted by Crippen LogP contribution is 2.06. The first-order valence-corrected chi connectivity index (χ1v) is 3.43. The Balaban J connectivity index is 1.96. The van der Waals surface area contributed by atoms with E-state index in [1.807, 2.05) is 14.1 Å². The van der Waals surface area contributed by atoms with Gasteiger partial charge in [-0.25, -0.2) is 0 Å². The second-order valence-electron chi connectivity index (χ2n) is 2.50. The molecule has 0 aromatic rings. The summed E-state index contributed by atoms with van der Waals surface area (Å²) in [4.78, 5) is 0. The van der Waals surface area contributed by atoms with Gasteiger partial charge in [0.2, 0.25) is 0 Å². The van der Waals surface area contributed by atoms with Crippen molar-refractivity contribution in [2.75, 3.05) is 27.2 Å². The number of hydrogen-bond donors (Lipinski definition) is 3. The number of nitrogens with one attached hydrogen (secondary N) is 3. The average Bonchev–Trinajstić information content (AvgIpc) is 2.50. The summed E-state index contributed by atoms with van der Waals surface area (Å²) >= 11 is 0. The fraction of sp³-hybridized carbons (Fsp3) is 1.00. The molecular weight excluding hydrogens is 114 g/mol. The Hall–Kier alpha value is -0.120. The van der Waals surface area contributed by atoms with Gasteiger partial charge in [-0.15, -0.1) is 0 Å². The van der Waals surface area contributed by atoms with Crippen molar-refractivity contribution in [3.05, 3.63) is 0 Å². The highest BCUT2D eigenvalue weighted by Gasteiger charge is 2.33. The first kappa shape index (κ1) is 6.99. The molecule has 0 aromatic carbocycles. The summed E-state index contributed by atoms with van der Waals surface area (Å²) in [5.41, 5.74) is 0. The second kappa shape index (κ2) is 3.15. The van der Waals surface area contributed by atoms with Crippen LogP contribution in [0.1, 0.15) is 0 Å². The van der Waals surface area contributed by atoms with Gasteiger partial charge in [0.05, 0.1) is 0 Å². The van der Waals surface area contributed by atoms with E-state index in [1.54, 1.807) is 0 Å². The Labute approximate surface area is 56.2 Å². The Morgan fingerprint density at radius 1 is 1.11 bits per heavy atom. The van der Waals surface area contributed by atoms with Crippen LogP contribution < -0.4 is 16.0 Å². The predicted octanol–water partition coefficient (Wildman–Crippen LogP) is -1.23. The van der Waals surface area contributed by atoms with E-state index in [0.717, 1.165) is 13.1 Å². The van der Waals surface area contributed by atoms with Gasteiger partial charge >= 0.3 is 0 Å². The fourth-order valence-electron chi connectivity index (χ4n) is 1.06. The van der Waals surface area contributed by atoms with Crippen LogP contribution in [0.3, 0.4) is 0 Å². The van der Waals surface area contributed by atoms with Crippen LogP contribution in [0.4, 0.5) is 0 Å². The lowest BCUT2D eigenvalue weighted by atomic mass is 10.3. The van der Waals surface area contributed by atoms with Crippen molar-refractivity contribution in [1.29, 1.82) is 0 Å². The van der Waals surface area contributed by atoms with Gasteiger partial charge in [-0.2, -0.15) is 0 Å². The Morgan fingerprint density at radius 3 is 1.89 bits per heavy atom. The lowest BCUT2D eigenvalue weighted by Crippen LogP contribution is -2.21. The second-order valence-corrected chi connectivity index (χ2v) is 2.50. The van der Waals surface area contributed by atoms with Gasteiger partial charge < -0.3 is 16.0 Å². The quantitative estimate of drug-likeness (QED) is 0.416. The van der Waals surface area contributed by atoms with Crippen LogP contribution in [-0.2, 0) is 0 Å². The summed E-state index contributed by atoms with van der Waals surface area (Å²) in [6.07, 6.45) is 0. The van der Waals surface area contributed by atoms with Crippen LogP contribution in [0.2, 0.25) is 0 Å². The number of rotatable bonds is 4. The summed E-state index contributed by atoms with van der Waals surface area (Å²) in [5, 5.41) is 9.60. The van der Waals surface area contributed by atoms with Crippen molar-refractivity contribution in [3.63, 3.8) is 0 Å². The van der Waals surface area contributed by atoms with Gasteiger partial charge in [-0.3, -0.25) is 0 Å². The molecule has 0 radical (unpaired) electrons. The molecule has 1 aliphatic rings. The molecule has 0 spiro atoms. The number of likely N-dealkylation sites (N-methyl/N-ethyl adjacent to an activating group) is 2. The van der Waals surface area contributed by atoms with Gasteiger partial charge in [-0.1, -0.05) is 0 Å². The maximum atomic E-state index is 3.35. The molecule has 3 N–H and O–H groups in total. The van der Waals surface area contributed by atoms with Crippen LogP contribution in [0, 0.1) is 0 Å². The van der Waals surface area contributed by atoms with E-state index in [4.69, 9.17) is 0 Å². The molecule has 2 unspecified atom stereocenters. The molecule has 1 heterocycles. The van der Waals surface area contributed by atoms with E-state index < -0.39 is 0 Å². The van der Waals surface area contributed by atoms with Gasteiger partial charge in [0.15, 0.2) is 0 Å². The van der Waals surface area contributed by atoms with Crippen LogP contribution in [0.5, 0.6) is 0 Å². The minimum absolute atomic E-state index is 0.711. The molecule has 1 rings (SSSR count). The fourth-order valence-corrected chi connectivity index (χ4v) is 1.06. The first-order chi connectivity index (χ1) is 4.38. The van der Waals surface area contributed by atoms with E-state index in [2.05, 4.69) is 16.0 Å². The summed E-state index contributed by atoms with van der Waals surface area (Å²) in [6, 6.07) is 1.42. The average molecular weight is 129 g/mol. The molecule has 9 heavy (non-hydrogen) atoms. The monoisotopic (exact) mass is 129 g/mol. The molecule has 2 atom stereocenters. The van der Waals surface area contributed by atoms with Crippen LogP contribution >= 0.6 is 0 Å². The minimum atomic E-state index is 0.711. The molecule has 0 aromatic heterocycles. The zero-order valence-corrected chi connectivity index (χ0v) is 6.07. The van der Waals surface area contributed by atoms with Gasteiger partial charge in [0, 0.05) is 25.2 Å². The van der Waals surface area contributed by atoms with Gasteiger partial charge in [0.1, 0.15) is 0 Å². The van der Waals surface area contributed by atoms with Crippen LogP contribution in [0.25, 0.3) is 0 Å². The SMILES string of the molecule is CNCC1NC1CNC. The molecule has 1 fully saturated rings. The molecule has 0 bridgehead atoms. The molecule has 0 saturated carbocycles. The highest BCUT2D eigenvalue weighted by atomic mass is 15.2. The molecule has 0 aliphatic carbocycles. The van der Waals surface area contributed by atoms with Crippen molar-refractivity contribution in [3.8, 4) is 0 Å². The molecule has 54 valence electrons. The van der Waals surface area contributed by atoms with Crippen LogP contribution in [-0.4, -0.2) is 39.3 Å². The van der Waals surface area contributed by atoms with E-state index in [-0.39, 0.29) is 0 Å². The van der Waals surface area contributed by atoms with Crippen molar-refractivity contribution in [1.82, 2.24) is 16.0 Å². The standard InChI is InChI=1S/C6H15N3/c1-7-3-5-6(9-5)4-8-2/h5-9H,3-4H2,1-2H3. The summed E-state index contributed by atoms with van der Waals surface area (Å²) < 4.78 is 0. The lowest BCUT2D eigenvalue weighted by Gasteiger charge is -1.93. The summed E-state index contributed by atoms with van der Waals surface area (Å²) in [6.45, 7) is 2.18. The molecule has 3 nitrogen and oxygen atoms in total. The maximum Gasteiger partial charge on any atom is 0.0362 e. The maximum absolute atomic E-state index is 3.35. The zero-order valence-electron chi connectivity index (χ0n) is 6.07. The largest absolute Gasteiger partial charge is 0.318 e. The van der Waals surface area contributed by atoms with Crippen molar-refractivity contribution < 1.29 is 0 Å². The molecule has 1 aliphatic heterocycles. The number of hydrogen-bond acceptors (Lipinski definition) is 3. The molecule has 0 amide bonds. The topological polar surface area (TPSA) is 46.0 Å². The third-order valence-electron chi connectivity index (χ3n) is 1.65. The van der Waals surface area contributed by atoms with E-state index >= 15 is 0 Å². The molecule has 3 heteroatoms. The Morgan fingerprint density at radius 2 is 1.56 bits per heavy atom. The van der Waals surface area contributed by atoms with E-state index in [0.29, 0.717) is 12.1 Å². The zero-order chi connectivity index (χ0) is 6.69. The highest BCUT2D eigenvalue weighted by molar-refractivity contribution is 4.99. The van der Waals surface area contributed by atoms with E-state index in [9.17, 15) is 0 Å². The van der Waals surface area contributed by atoms with E-state index in [1.165, 1.54) is 0 Å². The summed E-state index contributed by atoms with van der Waals surface area (Å²) in [5.74, 6) is 0. The molecule has 1 saturated heterocycles. The predicted molar refractivity (Wildman–Crippen MR) is 38.6 cm³/mol. The van der Waals surface area contributed by atoms with Gasteiger partial charge in [-0.05, 0) is 14.1 Å². The van der Waals surface area contributed by atoms with Crippen LogP contribution in [0.15, 0.2) is 0 Å². The third kappa shape index (κ3) is 1.93. The van der Waals surface area contributed by atoms with Gasteiger partial charge in [0.25, 0.3) is 0 Å². The van der Waals surface area contributed by atoms with Crippen molar-refractivity contribution in [2.24, 2.45) is 0 Å². The smallest absolute Gasteiger partial charge is 0.0362 e. The Bertz CT molecular complexity index is 74.4. The first-order valence-electron chi connectivity index (χ1n) is 3.43. The minimum Gasteiger partial charge on any atom is -0.318 e. The normalized spacial score (nSPS) is 32.7. The summed E-state index contributed by atoms with van der Waals surface area (Å²) in [7, 11) is 3.97. The Kier molecular flexibility index (Phi) is 2.45. The molecular formula is C6H15N3. The lowest BCUT2D eigenvalue weighted by molar-refractivity contribution is 0.722.